The molecule has 30 nitrogen and oxygen atoms in total. The highest BCUT2D eigenvalue weighted by Crippen LogP contribution is 2.41. The second kappa shape index (κ2) is 30.2. The van der Waals surface area contributed by atoms with Crippen LogP contribution in [0.25, 0.3) is 22.5 Å². The Balaban J connectivity index is 0.688. The second-order valence-corrected chi connectivity index (χ2v) is 25.6. The largest absolute Gasteiger partial charge is 0.463 e. The summed E-state index contributed by atoms with van der Waals surface area (Å²) in [7, 11) is 2.73. The first-order valence-corrected chi connectivity index (χ1v) is 31.3. The molecule has 9 aliphatic rings. The van der Waals surface area contributed by atoms with Crippen LogP contribution in [0.15, 0.2) is 48.5 Å². The number of aromatic amines is 1. The number of carbonyl (C=O) groups excluding carboxylic acids is 7. The van der Waals surface area contributed by atoms with E-state index in [1.54, 1.807) is 17.0 Å². The topological polar surface area (TPSA) is 422 Å². The van der Waals surface area contributed by atoms with Gasteiger partial charge in [-0.3, -0.25) is 38.7 Å². The first-order chi connectivity index (χ1) is 42.6. The lowest BCUT2D eigenvalue weighted by atomic mass is 9.92. The second-order valence-electron chi connectivity index (χ2n) is 22.4. The summed E-state index contributed by atoms with van der Waals surface area (Å²) >= 11 is 0. The number of rotatable bonds is 23. The summed E-state index contributed by atoms with van der Waals surface area (Å²) in [4.78, 5) is 92.6. The Morgan fingerprint density at radius 2 is 1.41 bits per heavy atom. The molecule has 2 aromatic carbocycles. The third-order valence-electron chi connectivity index (χ3n) is 15.8. The van der Waals surface area contributed by atoms with Gasteiger partial charge in [-0.2, -0.15) is 0 Å². The normalized spacial score (nSPS) is 29.6. The van der Waals surface area contributed by atoms with Gasteiger partial charge in [0.25, 0.3) is 0 Å². The molecule has 88 heavy (non-hydrogen) atoms. The molecule has 0 aliphatic carbocycles. The van der Waals surface area contributed by atoms with Gasteiger partial charge in [-0.1, -0.05) is 69.3 Å². The van der Waals surface area contributed by atoms with E-state index in [4.69, 9.17) is 34.6 Å². The lowest BCUT2D eigenvalue weighted by Crippen LogP contribution is -2.68. The molecule has 0 spiro atoms. The van der Waals surface area contributed by atoms with Crippen molar-refractivity contribution >= 4 is 68.7 Å². The van der Waals surface area contributed by atoms with E-state index in [-0.39, 0.29) is 109 Å². The van der Waals surface area contributed by atoms with Gasteiger partial charge in [0.15, 0.2) is 14.0 Å². The zero-order valence-corrected chi connectivity index (χ0v) is 49.8. The van der Waals surface area contributed by atoms with Crippen molar-refractivity contribution in [2.45, 2.75) is 162 Å². The van der Waals surface area contributed by atoms with Crippen molar-refractivity contribution in [1.82, 2.24) is 41.6 Å². The third-order valence-corrected chi connectivity index (χ3v) is 19.1. The van der Waals surface area contributed by atoms with E-state index in [0.717, 1.165) is 15.6 Å². The molecular weight excluding hydrogens is 1200 g/mol. The summed E-state index contributed by atoms with van der Waals surface area (Å²) < 4.78 is 48.7. The van der Waals surface area contributed by atoms with Crippen LogP contribution in [0.5, 0.6) is 0 Å². The van der Waals surface area contributed by atoms with Crippen LogP contribution < -0.4 is 26.2 Å². The Labute approximate surface area is 514 Å². The number of benzene rings is 2. The first kappa shape index (κ1) is 65.0. The summed E-state index contributed by atoms with van der Waals surface area (Å²) in [5, 5.41) is 95.8. The molecule has 10 heterocycles. The van der Waals surface area contributed by atoms with Gasteiger partial charge >= 0.3 is 17.8 Å². The van der Waals surface area contributed by atoms with Gasteiger partial charge in [0.1, 0.15) is 85.6 Å². The van der Waals surface area contributed by atoms with E-state index in [1.165, 1.54) is 21.6 Å². The summed E-state index contributed by atoms with van der Waals surface area (Å²) in [6.45, 7) is 2.92. The summed E-state index contributed by atoms with van der Waals surface area (Å²) in [5.74, 6) is -4.08. The molecule has 0 radical (unpaired) electrons. The smallest absolute Gasteiger partial charge is 0.314 e. The molecule has 482 valence electrons. The van der Waals surface area contributed by atoms with Gasteiger partial charge in [-0.25, -0.2) is 0 Å². The van der Waals surface area contributed by atoms with Crippen LogP contribution in [0.1, 0.15) is 64.4 Å². The third kappa shape index (κ3) is 16.0. The number of nitrogens with one attached hydrogen (secondary N) is 5. The van der Waals surface area contributed by atoms with Crippen molar-refractivity contribution in [3.05, 3.63) is 54.1 Å². The Morgan fingerprint density at radius 3 is 2.19 bits per heavy atom. The van der Waals surface area contributed by atoms with Crippen LogP contribution in [-0.4, -0.2) is 253 Å². The zero-order valence-electron chi connectivity index (χ0n) is 49.2. The Hall–Kier alpha value is -5.95. The molecule has 8 saturated heterocycles. The molecule has 15 atom stereocenters. The fourth-order valence-electron chi connectivity index (χ4n) is 10.9. The average molecular weight is 1280 g/mol. The van der Waals surface area contributed by atoms with E-state index in [0.29, 0.717) is 34.6 Å². The SMILES string of the molecule is [3H]n1nnc2c1-c1ccccc1CN(C(=O)CCC(=O)NCCOCCC(=O)NC[C@H]1O[C@@H]3O[C@H]4[C@H](O)[C@@H](O)[C@H](OCCCO[C@H]1[C@H](O)[C@H]3O)O[C@@H]4CNC(=O)CCC(C)(C)SSCCC(=O)OC[C@@H]1[C@@H](O)[C@H](O)[C@H](O)[C@H]3NC(=O)C(=O)N13)c1ccccc1-2. The minimum Gasteiger partial charge on any atom is -0.463 e. The maximum atomic E-state index is 13.8. The molecule has 3 aromatic rings. The molecule has 9 aliphatic heterocycles. The molecule has 1 aromatic heterocycles. The lowest BCUT2D eigenvalue weighted by Gasteiger charge is -2.47. The van der Waals surface area contributed by atoms with Gasteiger partial charge in [0.05, 0.1) is 50.2 Å². The van der Waals surface area contributed by atoms with Gasteiger partial charge in [-0.15, -0.1) is 5.10 Å². The maximum Gasteiger partial charge on any atom is 0.314 e. The van der Waals surface area contributed by atoms with Crippen LogP contribution in [0.4, 0.5) is 5.69 Å². The average Bonchev–Trinajstić information content (AvgIpc) is 1.78. The highest BCUT2D eigenvalue weighted by atomic mass is 33.1. The van der Waals surface area contributed by atoms with Crippen molar-refractivity contribution < 1.29 is 104 Å². The standard InChI is InChI=1S/C56H75N9O21S2/c1-56(2,88-87-23-16-39(70)83-27-32-42(71)43(72)46(75)51-60-52(78)53(79)65(32)51)17-14-36(67)58-25-34-50-45(74)47(76)54(84-34)82-20-7-19-81-49-33(85-55(86-50)48(77)44(49)73)24-59-37(68)15-21-80-22-18-57-35(66)12-13-38(69)64-26-28-8-3-4-9-29(28)40-41(62-63-61-40)30-10-5-6-11-31(30)64/h3-6,8-11,32-34,42-51,54-55,71-77H,7,12-27H2,1-2H3,(H,57,66)(H,58,67)(H,59,68)(H,60,78)(H,61,62,63)/t32-,33-,34-,42-,43+,44-,45-,46+,47-,48-,49-,50-,51+,54-,55-/m1/s1/i/hT. The lowest BCUT2D eigenvalue weighted by molar-refractivity contribution is -0.359. The number of hydrogen-bond acceptors (Lipinski definition) is 25. The van der Waals surface area contributed by atoms with Crippen molar-refractivity contribution in [1.29, 1.82) is 0 Å². The Bertz CT molecular complexity index is 3010. The number of carbonyl (C=O) groups is 7. The van der Waals surface area contributed by atoms with E-state index in [2.05, 4.69) is 31.6 Å². The molecule has 32 heteroatoms. The van der Waals surface area contributed by atoms with Crippen LogP contribution in [-0.2, 0) is 73.3 Å². The van der Waals surface area contributed by atoms with E-state index >= 15 is 0 Å². The number of aromatic nitrogens is 3. The number of amides is 6. The molecule has 0 unspecified atom stereocenters. The fourth-order valence-corrected chi connectivity index (χ4v) is 13.5. The maximum absolute atomic E-state index is 13.8. The number of fused-ring (bicyclic) bond motifs is 6. The van der Waals surface area contributed by atoms with Gasteiger partial charge < -0.3 is 100.0 Å². The number of H-pyrrole nitrogens is 1. The van der Waals surface area contributed by atoms with Crippen LogP contribution >= 0.6 is 21.6 Å². The van der Waals surface area contributed by atoms with Crippen molar-refractivity contribution in [3.63, 3.8) is 0 Å². The van der Waals surface area contributed by atoms with Crippen LogP contribution in [0.2, 0.25) is 1.41 Å². The molecule has 6 amide bonds. The molecule has 8 fully saturated rings. The zero-order chi connectivity index (χ0) is 63.7. The summed E-state index contributed by atoms with van der Waals surface area (Å²) in [5.41, 5.74) is 3.65. The van der Waals surface area contributed by atoms with Crippen molar-refractivity contribution in [2.75, 3.05) is 63.3 Å². The Morgan fingerprint density at radius 1 is 0.739 bits per heavy atom. The van der Waals surface area contributed by atoms with Crippen molar-refractivity contribution in [3.8, 4) is 22.5 Å². The summed E-state index contributed by atoms with van der Waals surface area (Å²) in [6.07, 6.45) is -21.0. The van der Waals surface area contributed by atoms with E-state index in [1.807, 2.05) is 50.2 Å². The predicted octanol–water partition coefficient (Wildman–Crippen LogP) is -2.77. The highest BCUT2D eigenvalue weighted by molar-refractivity contribution is 8.77. The number of ether oxygens (including phenoxy) is 7. The molecule has 12 rings (SSSR count). The van der Waals surface area contributed by atoms with E-state index < -0.39 is 133 Å². The van der Waals surface area contributed by atoms with E-state index in [9.17, 15) is 69.3 Å². The number of aliphatic hydroxyl groups is 7. The summed E-state index contributed by atoms with van der Waals surface area (Å²) in [6, 6.07) is 13.3. The number of para-hydroxylation sites is 1. The predicted molar refractivity (Wildman–Crippen MR) is 308 cm³/mol. The molecule has 12 N–H and O–H groups in total. The molecule has 0 saturated carbocycles. The highest BCUT2D eigenvalue weighted by Gasteiger charge is 2.56. The van der Waals surface area contributed by atoms with Gasteiger partial charge in [0.2, 0.25) is 23.6 Å². The fraction of sp³-hybridized carbons (Fsp3) is 0.625. The number of piperidine rings is 1. The minimum atomic E-state index is -1.76. The number of hydrogen-bond donors (Lipinski definition) is 12. The quantitative estimate of drug-likeness (QED) is 0.0198. The minimum absolute atomic E-state index is 0.0156. The monoisotopic (exact) mass is 1280 g/mol. The van der Waals surface area contributed by atoms with Crippen molar-refractivity contribution in [2.24, 2.45) is 0 Å². The van der Waals surface area contributed by atoms with Crippen LogP contribution in [0.3, 0.4) is 0 Å². The number of aliphatic hydroxyl groups excluding tert-OH is 7. The first-order valence-electron chi connectivity index (χ1n) is 29.4. The molecule has 4 bridgehead atoms. The van der Waals surface area contributed by atoms with Gasteiger partial charge in [0, 0.05) is 73.6 Å². The Kier molecular flexibility index (Phi) is 22.3. The number of anilines is 1. The molecular formula is C56H75N9O21S2. The van der Waals surface area contributed by atoms with Crippen LogP contribution in [0, 0.1) is 0 Å². The van der Waals surface area contributed by atoms with Gasteiger partial charge in [-0.05, 0) is 38.3 Å². The number of nitrogens with zero attached hydrogens (tertiary/aromatic N) is 4. The number of esters is 1.